The molecule has 212 valence electrons. The minimum absolute atomic E-state index is 0.558. The van der Waals surface area contributed by atoms with Crippen LogP contribution < -0.4 is 0 Å². The van der Waals surface area contributed by atoms with E-state index in [0.717, 1.165) is 0 Å². The first kappa shape index (κ1) is 26.7. The van der Waals surface area contributed by atoms with Crippen molar-refractivity contribution in [1.82, 2.24) is 0 Å². The molecule has 0 atom stereocenters. The quantitative estimate of drug-likeness (QED) is 0.182. The van der Waals surface area contributed by atoms with Gasteiger partial charge in [-0.2, -0.15) is 0 Å². The van der Waals surface area contributed by atoms with Gasteiger partial charge >= 0.3 is 0 Å². The standard InChI is InChI=1S/C44H36/c1-5-17-31(18-6-1)40-29-35(30-41(32-19-7-2-8-20-32)43(40)34-23-11-4-12-24-34)44-38-27-15-13-25-36(38)42(33-21-9-3-10-22-33)37-26-14-16-28-39(37)44/h1,3-6,9-18,21-30,32H,2,7-8,19-20H2. The van der Waals surface area contributed by atoms with E-state index in [0.29, 0.717) is 5.92 Å². The predicted molar refractivity (Wildman–Crippen MR) is 189 cm³/mol. The maximum atomic E-state index is 2.57. The van der Waals surface area contributed by atoms with Crippen molar-refractivity contribution in [2.24, 2.45) is 0 Å². The molecule has 0 aliphatic heterocycles. The minimum Gasteiger partial charge on any atom is -0.0622 e. The van der Waals surface area contributed by atoms with E-state index < -0.39 is 0 Å². The highest BCUT2D eigenvalue weighted by Crippen LogP contribution is 2.49. The van der Waals surface area contributed by atoms with Gasteiger partial charge in [-0.15, -0.1) is 0 Å². The van der Waals surface area contributed by atoms with Gasteiger partial charge in [0.1, 0.15) is 0 Å². The zero-order valence-electron chi connectivity index (χ0n) is 25.0. The van der Waals surface area contributed by atoms with Gasteiger partial charge in [0, 0.05) is 0 Å². The fourth-order valence-electron chi connectivity index (χ4n) is 7.67. The monoisotopic (exact) mass is 564 g/mol. The van der Waals surface area contributed by atoms with Crippen molar-refractivity contribution in [1.29, 1.82) is 0 Å². The Balaban J connectivity index is 1.50. The number of benzene rings is 7. The lowest BCUT2D eigenvalue weighted by atomic mass is 9.76. The molecular formula is C44H36. The van der Waals surface area contributed by atoms with Crippen LogP contribution in [0.3, 0.4) is 0 Å². The number of fused-ring (bicyclic) bond motifs is 2. The van der Waals surface area contributed by atoms with E-state index in [1.54, 1.807) is 0 Å². The summed E-state index contributed by atoms with van der Waals surface area (Å²) in [5.41, 5.74) is 12.1. The minimum atomic E-state index is 0.558. The molecular weight excluding hydrogens is 528 g/mol. The zero-order chi connectivity index (χ0) is 29.3. The molecule has 1 fully saturated rings. The molecule has 0 bridgehead atoms. The molecule has 0 amide bonds. The van der Waals surface area contributed by atoms with Crippen molar-refractivity contribution in [3.05, 3.63) is 157 Å². The predicted octanol–water partition coefficient (Wildman–Crippen LogP) is 12.7. The van der Waals surface area contributed by atoms with E-state index in [1.165, 1.54) is 104 Å². The van der Waals surface area contributed by atoms with Gasteiger partial charge in [-0.1, -0.05) is 165 Å². The zero-order valence-corrected chi connectivity index (χ0v) is 25.0. The van der Waals surface area contributed by atoms with Gasteiger partial charge in [0.25, 0.3) is 0 Å². The van der Waals surface area contributed by atoms with Gasteiger partial charge in [-0.05, 0) is 96.4 Å². The number of hydrogen-bond acceptors (Lipinski definition) is 0. The lowest BCUT2D eigenvalue weighted by Crippen LogP contribution is -2.07. The summed E-state index contributed by atoms with van der Waals surface area (Å²) in [4.78, 5) is 0. The van der Waals surface area contributed by atoms with E-state index in [-0.39, 0.29) is 0 Å². The normalized spacial score (nSPS) is 13.8. The lowest BCUT2D eigenvalue weighted by molar-refractivity contribution is 0.444. The second-order valence-corrected chi connectivity index (χ2v) is 12.3. The van der Waals surface area contributed by atoms with Gasteiger partial charge in [0.2, 0.25) is 0 Å². The molecule has 0 spiro atoms. The second kappa shape index (κ2) is 11.6. The molecule has 0 unspecified atom stereocenters. The summed E-state index contributed by atoms with van der Waals surface area (Å²) in [6.07, 6.45) is 6.47. The molecule has 7 aromatic carbocycles. The smallest absolute Gasteiger partial charge is 0.00260 e. The molecule has 7 aromatic rings. The Morgan fingerprint density at radius 1 is 0.341 bits per heavy atom. The first-order valence-electron chi connectivity index (χ1n) is 16.1. The van der Waals surface area contributed by atoms with E-state index in [1.807, 2.05) is 0 Å². The highest BCUT2D eigenvalue weighted by atomic mass is 14.3. The van der Waals surface area contributed by atoms with E-state index in [2.05, 4.69) is 152 Å². The van der Waals surface area contributed by atoms with Crippen LogP contribution in [0.5, 0.6) is 0 Å². The lowest BCUT2D eigenvalue weighted by Gasteiger charge is -2.28. The Labute approximate surface area is 260 Å². The Bertz CT molecular complexity index is 2010. The molecule has 0 N–H and O–H groups in total. The Kier molecular flexibility index (Phi) is 7.05. The van der Waals surface area contributed by atoms with Crippen LogP contribution >= 0.6 is 0 Å². The molecule has 1 saturated carbocycles. The molecule has 0 saturated heterocycles. The Hall–Kier alpha value is -4.94. The van der Waals surface area contributed by atoms with E-state index in [9.17, 15) is 0 Å². The first-order valence-corrected chi connectivity index (χ1v) is 16.1. The van der Waals surface area contributed by atoms with Crippen LogP contribution in [0.2, 0.25) is 0 Å². The molecule has 44 heavy (non-hydrogen) atoms. The highest BCUT2D eigenvalue weighted by Gasteiger charge is 2.25. The maximum Gasteiger partial charge on any atom is -0.00260 e. The second-order valence-electron chi connectivity index (χ2n) is 12.3. The van der Waals surface area contributed by atoms with Gasteiger partial charge in [0.05, 0.1) is 0 Å². The van der Waals surface area contributed by atoms with Crippen molar-refractivity contribution in [3.63, 3.8) is 0 Å². The van der Waals surface area contributed by atoms with Gasteiger partial charge in [0.15, 0.2) is 0 Å². The Morgan fingerprint density at radius 2 is 0.750 bits per heavy atom. The summed E-state index contributed by atoms with van der Waals surface area (Å²) in [5, 5.41) is 5.23. The van der Waals surface area contributed by atoms with Crippen LogP contribution in [0.1, 0.15) is 43.6 Å². The molecule has 0 radical (unpaired) electrons. The third-order valence-corrected chi connectivity index (χ3v) is 9.64. The molecule has 8 rings (SSSR count). The van der Waals surface area contributed by atoms with Gasteiger partial charge < -0.3 is 0 Å². The fraction of sp³-hybridized carbons (Fsp3) is 0.136. The largest absolute Gasteiger partial charge is 0.0622 e. The molecule has 0 nitrogen and oxygen atoms in total. The van der Waals surface area contributed by atoms with Crippen LogP contribution in [0.25, 0.3) is 66.1 Å². The molecule has 0 heterocycles. The van der Waals surface area contributed by atoms with Crippen molar-refractivity contribution in [3.8, 4) is 44.5 Å². The van der Waals surface area contributed by atoms with Crippen LogP contribution in [0.15, 0.2) is 152 Å². The SMILES string of the molecule is c1ccc(-c2cc(-c3c4ccccc4c(-c4ccccc4)c4ccccc34)cc(C3CCCCC3)c2-c2ccccc2)cc1. The van der Waals surface area contributed by atoms with Crippen LogP contribution in [0.4, 0.5) is 0 Å². The van der Waals surface area contributed by atoms with Crippen molar-refractivity contribution >= 4 is 21.5 Å². The fourth-order valence-corrected chi connectivity index (χ4v) is 7.67. The number of hydrogen-bond donors (Lipinski definition) is 0. The van der Waals surface area contributed by atoms with Crippen LogP contribution in [0, 0.1) is 0 Å². The van der Waals surface area contributed by atoms with Gasteiger partial charge in [-0.3, -0.25) is 0 Å². The molecule has 0 aromatic heterocycles. The van der Waals surface area contributed by atoms with E-state index >= 15 is 0 Å². The maximum absolute atomic E-state index is 2.57. The summed E-state index contributed by atoms with van der Waals surface area (Å²) >= 11 is 0. The summed E-state index contributed by atoms with van der Waals surface area (Å²) < 4.78 is 0. The van der Waals surface area contributed by atoms with Gasteiger partial charge in [-0.25, -0.2) is 0 Å². The molecule has 1 aliphatic rings. The molecule has 1 aliphatic carbocycles. The summed E-state index contributed by atoms with van der Waals surface area (Å²) in [6, 6.07) is 56.2. The third-order valence-electron chi connectivity index (χ3n) is 9.64. The van der Waals surface area contributed by atoms with Crippen LogP contribution in [-0.4, -0.2) is 0 Å². The van der Waals surface area contributed by atoms with Crippen LogP contribution in [-0.2, 0) is 0 Å². The van der Waals surface area contributed by atoms with Crippen molar-refractivity contribution in [2.75, 3.05) is 0 Å². The average molecular weight is 565 g/mol. The third kappa shape index (κ3) is 4.72. The number of rotatable bonds is 5. The summed E-state index contributed by atoms with van der Waals surface area (Å²) in [7, 11) is 0. The molecule has 0 heteroatoms. The van der Waals surface area contributed by atoms with Crippen molar-refractivity contribution in [2.45, 2.75) is 38.0 Å². The summed E-state index contributed by atoms with van der Waals surface area (Å²) in [5.74, 6) is 0.558. The average Bonchev–Trinajstić information content (AvgIpc) is 3.11. The Morgan fingerprint density at radius 3 is 1.25 bits per heavy atom. The first-order chi connectivity index (χ1) is 21.9. The van der Waals surface area contributed by atoms with Crippen molar-refractivity contribution < 1.29 is 0 Å². The topological polar surface area (TPSA) is 0 Å². The summed E-state index contributed by atoms with van der Waals surface area (Å²) in [6.45, 7) is 0. The van der Waals surface area contributed by atoms with E-state index in [4.69, 9.17) is 0 Å². The highest BCUT2D eigenvalue weighted by molar-refractivity contribution is 6.21.